The van der Waals surface area contributed by atoms with E-state index >= 15 is 0 Å². The summed E-state index contributed by atoms with van der Waals surface area (Å²) in [4.78, 5) is 15.7. The lowest BCUT2D eigenvalue weighted by Crippen LogP contribution is -2.27. The zero-order chi connectivity index (χ0) is 29.8. The van der Waals surface area contributed by atoms with Crippen molar-refractivity contribution in [3.63, 3.8) is 0 Å². The van der Waals surface area contributed by atoms with E-state index in [1.807, 2.05) is 109 Å². The van der Waals surface area contributed by atoms with Gasteiger partial charge in [0.1, 0.15) is 0 Å². The fourth-order valence-corrected chi connectivity index (χ4v) is 6.44. The molecule has 0 aliphatic carbocycles. The van der Waals surface area contributed by atoms with Crippen LogP contribution in [0.1, 0.15) is 27.7 Å². The molecule has 2 heterocycles. The summed E-state index contributed by atoms with van der Waals surface area (Å²) in [6.45, 7) is 0. The third-order valence-corrected chi connectivity index (χ3v) is 8.52. The molecule has 1 aliphatic rings. The molecule has 6 aromatic carbocycles. The van der Waals surface area contributed by atoms with Gasteiger partial charge in [-0.2, -0.15) is 5.26 Å². The van der Waals surface area contributed by atoms with Crippen LogP contribution in [0, 0.1) is 11.3 Å². The maximum absolute atomic E-state index is 14.3. The summed E-state index contributed by atoms with van der Waals surface area (Å²) in [6, 6.07) is 47.7. The number of nitriles is 1. The van der Waals surface area contributed by atoms with Crippen LogP contribution in [0.4, 0.5) is 5.69 Å². The minimum atomic E-state index is -1.11. The predicted octanol–water partition coefficient (Wildman–Crippen LogP) is 8.64. The highest BCUT2D eigenvalue weighted by atomic mass is 16.3. The van der Waals surface area contributed by atoms with E-state index in [1.54, 1.807) is 0 Å². The number of benzene rings is 6. The van der Waals surface area contributed by atoms with Gasteiger partial charge in [-0.1, -0.05) is 91.0 Å². The molecule has 0 spiro atoms. The molecule has 1 unspecified atom stereocenters. The van der Waals surface area contributed by atoms with Gasteiger partial charge in [0.25, 0.3) is 5.91 Å². The molecule has 1 atom stereocenters. The molecule has 0 bridgehead atoms. The average molecular weight is 568 g/mol. The van der Waals surface area contributed by atoms with E-state index in [2.05, 4.69) is 41.0 Å². The second kappa shape index (κ2) is 10.1. The van der Waals surface area contributed by atoms with E-state index in [0.717, 1.165) is 49.7 Å². The van der Waals surface area contributed by atoms with Crippen molar-refractivity contribution in [2.75, 3.05) is 4.90 Å². The number of carbonyl (C=O) groups excluding carboxylic acids is 1. The summed E-state index contributed by atoms with van der Waals surface area (Å²) >= 11 is 0. The Balaban J connectivity index is 1.28. The Hall–Kier alpha value is -5.96. The second-order valence-corrected chi connectivity index (χ2v) is 11.0. The van der Waals surface area contributed by atoms with Crippen molar-refractivity contribution in [3.05, 3.63) is 156 Å². The number of hydrogen-bond acceptors (Lipinski definition) is 3. The zero-order valence-electron chi connectivity index (χ0n) is 23.6. The van der Waals surface area contributed by atoms with Gasteiger partial charge in [0.2, 0.25) is 0 Å². The molecule has 7 aromatic rings. The largest absolute Gasteiger partial charge is 0.369 e. The highest BCUT2D eigenvalue weighted by Gasteiger charge is 2.39. The molecular weight excluding hydrogens is 542 g/mol. The average Bonchev–Trinajstić information content (AvgIpc) is 3.55. The number of rotatable bonds is 4. The van der Waals surface area contributed by atoms with E-state index in [4.69, 9.17) is 0 Å². The van der Waals surface area contributed by atoms with Crippen LogP contribution < -0.4 is 4.90 Å². The minimum Gasteiger partial charge on any atom is -0.369 e. The number of aromatic nitrogens is 1. The fraction of sp³-hybridized carbons (Fsp3) is 0.0256. The summed E-state index contributed by atoms with van der Waals surface area (Å²) in [7, 11) is 0. The van der Waals surface area contributed by atoms with Crippen LogP contribution in [0.15, 0.2) is 140 Å². The number of aliphatic hydroxyl groups is 1. The van der Waals surface area contributed by atoms with Crippen LogP contribution >= 0.6 is 0 Å². The first-order valence-electron chi connectivity index (χ1n) is 14.5. The summed E-state index contributed by atoms with van der Waals surface area (Å²) in [5.41, 5.74) is 9.07. The van der Waals surface area contributed by atoms with Crippen LogP contribution in [0.25, 0.3) is 49.7 Å². The lowest BCUT2D eigenvalue weighted by Gasteiger charge is -2.21. The van der Waals surface area contributed by atoms with Gasteiger partial charge in [0.15, 0.2) is 6.23 Å². The molecule has 0 saturated carbocycles. The Morgan fingerprint density at radius 3 is 2.09 bits per heavy atom. The van der Waals surface area contributed by atoms with Gasteiger partial charge < -0.3 is 9.67 Å². The molecule has 0 fully saturated rings. The fourth-order valence-electron chi connectivity index (χ4n) is 6.44. The molecule has 1 aromatic heterocycles. The summed E-state index contributed by atoms with van der Waals surface area (Å²) in [5.74, 6) is -0.242. The minimum absolute atomic E-state index is 0.242. The van der Waals surface area contributed by atoms with E-state index in [-0.39, 0.29) is 5.91 Å². The molecule has 5 nitrogen and oxygen atoms in total. The number of anilines is 1. The normalized spacial score (nSPS) is 14.2. The van der Waals surface area contributed by atoms with E-state index in [0.29, 0.717) is 22.4 Å². The van der Waals surface area contributed by atoms with E-state index < -0.39 is 6.23 Å². The summed E-state index contributed by atoms with van der Waals surface area (Å²) in [6.07, 6.45) is -1.11. The Morgan fingerprint density at radius 1 is 0.614 bits per heavy atom. The highest BCUT2D eigenvalue weighted by Crippen LogP contribution is 2.42. The van der Waals surface area contributed by atoms with Crippen LogP contribution in [0.5, 0.6) is 0 Å². The maximum Gasteiger partial charge on any atom is 0.263 e. The molecule has 1 amide bonds. The van der Waals surface area contributed by atoms with E-state index in [1.165, 1.54) is 4.90 Å². The van der Waals surface area contributed by atoms with Crippen molar-refractivity contribution in [1.29, 1.82) is 5.26 Å². The number of nitrogens with zero attached hydrogens (tertiary/aromatic N) is 3. The first-order chi connectivity index (χ1) is 21.6. The van der Waals surface area contributed by atoms with Gasteiger partial charge in [-0.15, -0.1) is 0 Å². The molecule has 0 saturated heterocycles. The van der Waals surface area contributed by atoms with Gasteiger partial charge in [-0.05, 0) is 70.8 Å². The Morgan fingerprint density at radius 2 is 1.27 bits per heavy atom. The first-order valence-corrected chi connectivity index (χ1v) is 14.5. The van der Waals surface area contributed by atoms with Gasteiger partial charge >= 0.3 is 0 Å². The molecule has 1 aliphatic heterocycles. The van der Waals surface area contributed by atoms with Gasteiger partial charge in [0, 0.05) is 22.0 Å². The van der Waals surface area contributed by atoms with Crippen molar-refractivity contribution < 1.29 is 9.90 Å². The lowest BCUT2D eigenvalue weighted by atomic mass is 10.0. The lowest BCUT2D eigenvalue weighted by molar-refractivity contribution is 0.0935. The number of amides is 1. The highest BCUT2D eigenvalue weighted by molar-refractivity contribution is 6.16. The number of fused-ring (bicyclic) bond motifs is 4. The van der Waals surface area contributed by atoms with Gasteiger partial charge in [-0.3, -0.25) is 9.69 Å². The number of hydrogen-bond donors (Lipinski definition) is 1. The van der Waals surface area contributed by atoms with Crippen molar-refractivity contribution in [3.8, 4) is 34.0 Å². The van der Waals surface area contributed by atoms with Crippen molar-refractivity contribution in [1.82, 2.24) is 4.57 Å². The van der Waals surface area contributed by atoms with Crippen LogP contribution in [0.3, 0.4) is 0 Å². The van der Waals surface area contributed by atoms with Crippen molar-refractivity contribution in [2.24, 2.45) is 0 Å². The molecule has 208 valence electrons. The summed E-state index contributed by atoms with van der Waals surface area (Å²) in [5, 5.41) is 22.9. The Bertz CT molecular complexity index is 2280. The first kappa shape index (κ1) is 25.7. The molecular formula is C39H25N3O2. The SMILES string of the molecule is N#Cc1ccc(-c2ccc3c(c2)c2ccccc2n3-c2cccc3c2C(=O)N(c2cccc(-c4ccccc4)c2)C3O)cc1. The monoisotopic (exact) mass is 567 g/mol. The second-order valence-electron chi connectivity index (χ2n) is 11.0. The number of carbonyl (C=O) groups is 1. The van der Waals surface area contributed by atoms with E-state index in [9.17, 15) is 15.2 Å². The maximum atomic E-state index is 14.3. The standard InChI is InChI=1S/C39H25N3O2/c40-24-25-16-18-27(19-17-25)29-20-21-35-33(23-29)31-12-4-5-14-34(31)42(35)36-15-7-13-32-37(36)39(44)41(38(32)43)30-11-6-10-28(22-30)26-8-2-1-3-9-26/h1-23,38,43H. The third-order valence-electron chi connectivity index (χ3n) is 8.52. The quantitative estimate of drug-likeness (QED) is 0.231. The van der Waals surface area contributed by atoms with Gasteiger partial charge in [0.05, 0.1) is 33.9 Å². The molecule has 44 heavy (non-hydrogen) atoms. The van der Waals surface area contributed by atoms with Gasteiger partial charge in [-0.25, -0.2) is 0 Å². The third kappa shape index (κ3) is 3.94. The van der Waals surface area contributed by atoms with Crippen molar-refractivity contribution in [2.45, 2.75) is 6.23 Å². The molecule has 8 rings (SSSR count). The zero-order valence-corrected chi connectivity index (χ0v) is 23.6. The van der Waals surface area contributed by atoms with Crippen molar-refractivity contribution >= 4 is 33.4 Å². The van der Waals surface area contributed by atoms with Crippen LogP contribution in [-0.4, -0.2) is 15.6 Å². The van der Waals surface area contributed by atoms with Crippen LogP contribution in [-0.2, 0) is 0 Å². The molecule has 5 heteroatoms. The molecule has 1 N–H and O–H groups in total. The Labute approximate surface area is 254 Å². The number of para-hydroxylation sites is 1. The smallest absolute Gasteiger partial charge is 0.263 e. The van der Waals surface area contributed by atoms with Crippen LogP contribution in [0.2, 0.25) is 0 Å². The summed E-state index contributed by atoms with van der Waals surface area (Å²) < 4.78 is 2.13. The number of aliphatic hydroxyl groups excluding tert-OH is 1. The molecule has 0 radical (unpaired) electrons. The topological polar surface area (TPSA) is 69.3 Å². The Kier molecular flexibility index (Phi) is 5.90. The predicted molar refractivity (Wildman–Crippen MR) is 175 cm³/mol.